The Hall–Kier alpha value is -3.37. The molecule has 1 atom stereocenters. The van der Waals surface area contributed by atoms with E-state index in [2.05, 4.69) is 85.5 Å². The van der Waals surface area contributed by atoms with Crippen molar-refractivity contribution in [1.82, 2.24) is 4.90 Å². The third-order valence-electron chi connectivity index (χ3n) is 6.84. The van der Waals surface area contributed by atoms with Gasteiger partial charge in [0.15, 0.2) is 0 Å². The first kappa shape index (κ1) is 23.8. The molecule has 0 amide bonds. The lowest BCUT2D eigenvalue weighted by Crippen LogP contribution is -2.44. The van der Waals surface area contributed by atoms with Crippen molar-refractivity contribution in [3.63, 3.8) is 0 Å². The predicted molar refractivity (Wildman–Crippen MR) is 139 cm³/mol. The number of piperidine rings is 1. The lowest BCUT2D eigenvalue weighted by molar-refractivity contribution is -0.144. The Morgan fingerprint density at radius 1 is 1.03 bits per heavy atom. The Bertz CT molecular complexity index is 1180. The summed E-state index contributed by atoms with van der Waals surface area (Å²) in [5, 5.41) is 9.62. The summed E-state index contributed by atoms with van der Waals surface area (Å²) in [4.78, 5) is 13.8. The third-order valence-corrected chi connectivity index (χ3v) is 6.84. The number of carboxylic acid groups (broad SMARTS) is 1. The molecule has 34 heavy (non-hydrogen) atoms. The highest BCUT2D eigenvalue weighted by Crippen LogP contribution is 2.30. The fourth-order valence-corrected chi connectivity index (χ4v) is 4.88. The highest BCUT2D eigenvalue weighted by molar-refractivity contribution is 5.78. The highest BCUT2D eigenvalue weighted by Gasteiger charge is 2.29. The number of ether oxygens (including phenoxy) is 1. The average molecular weight is 456 g/mol. The first-order valence-electron chi connectivity index (χ1n) is 12.0. The number of likely N-dealkylation sites (tertiary alicyclic amines) is 1. The van der Waals surface area contributed by atoms with Crippen LogP contribution in [0.25, 0.3) is 23.3 Å². The van der Waals surface area contributed by atoms with E-state index >= 15 is 0 Å². The lowest BCUT2D eigenvalue weighted by atomic mass is 9.95. The molecule has 0 aromatic heterocycles. The van der Waals surface area contributed by atoms with Gasteiger partial charge in [-0.15, -0.1) is 0 Å². The molecule has 3 aromatic rings. The molecular formula is C30H33NO3. The summed E-state index contributed by atoms with van der Waals surface area (Å²) in [6, 6.07) is 20.6. The number of hydrogen-bond acceptors (Lipinski definition) is 3. The Labute approximate surface area is 202 Å². The van der Waals surface area contributed by atoms with Crippen LogP contribution < -0.4 is 4.74 Å². The highest BCUT2D eigenvalue weighted by atomic mass is 16.5. The number of aryl methyl sites for hydroxylation is 1. The van der Waals surface area contributed by atoms with Gasteiger partial charge in [0, 0.05) is 12.1 Å². The number of benzene rings is 3. The molecule has 4 nitrogen and oxygen atoms in total. The minimum absolute atomic E-state index is 0.418. The topological polar surface area (TPSA) is 49.8 Å². The van der Waals surface area contributed by atoms with Gasteiger partial charge in [-0.2, -0.15) is 0 Å². The van der Waals surface area contributed by atoms with Crippen molar-refractivity contribution in [2.75, 3.05) is 13.7 Å². The summed E-state index contributed by atoms with van der Waals surface area (Å²) >= 11 is 0. The molecule has 1 heterocycles. The summed E-state index contributed by atoms with van der Waals surface area (Å²) < 4.78 is 5.72. The van der Waals surface area contributed by atoms with Crippen molar-refractivity contribution < 1.29 is 14.6 Å². The molecule has 0 spiro atoms. The van der Waals surface area contributed by atoms with Crippen molar-refractivity contribution in [3.8, 4) is 16.9 Å². The molecule has 0 saturated carbocycles. The Balaban J connectivity index is 1.60. The lowest BCUT2D eigenvalue weighted by Gasteiger charge is -2.33. The molecule has 0 bridgehead atoms. The Kier molecular flexibility index (Phi) is 7.49. The van der Waals surface area contributed by atoms with E-state index in [1.54, 1.807) is 7.11 Å². The van der Waals surface area contributed by atoms with Crippen LogP contribution in [0.2, 0.25) is 0 Å². The SMILES string of the molecule is COc1cc(/C=C/c2cccc(-c3ccccc3)c2C)c(C)cc1CN1CCCC[C@@H]1C(=O)O. The van der Waals surface area contributed by atoms with Crippen LogP contribution in [0, 0.1) is 13.8 Å². The number of methoxy groups -OCH3 is 1. The quantitative estimate of drug-likeness (QED) is 0.408. The largest absolute Gasteiger partial charge is 0.496 e. The summed E-state index contributed by atoms with van der Waals surface area (Å²) in [6.07, 6.45) is 7.01. The van der Waals surface area contributed by atoms with Crippen LogP contribution >= 0.6 is 0 Å². The van der Waals surface area contributed by atoms with Gasteiger partial charge in [-0.25, -0.2) is 0 Å². The number of carbonyl (C=O) groups is 1. The van der Waals surface area contributed by atoms with Gasteiger partial charge in [0.2, 0.25) is 0 Å². The van der Waals surface area contributed by atoms with E-state index in [1.165, 1.54) is 22.3 Å². The van der Waals surface area contributed by atoms with E-state index in [-0.39, 0.29) is 0 Å². The molecule has 0 radical (unpaired) electrons. The molecule has 0 unspecified atom stereocenters. The van der Waals surface area contributed by atoms with Gasteiger partial charge >= 0.3 is 5.97 Å². The standard InChI is InChI=1S/C30H33NO3/c1-21-18-26(20-31-17-8-7-14-28(31)30(32)33)29(34-3)19-25(21)16-15-23-12-9-13-27(22(23)2)24-10-5-4-6-11-24/h4-6,9-13,15-16,18-19,28H,7-8,14,17,20H2,1-3H3,(H,32,33)/b16-15+/t28-/m1/s1. The fourth-order valence-electron chi connectivity index (χ4n) is 4.88. The van der Waals surface area contributed by atoms with Crippen LogP contribution in [-0.4, -0.2) is 35.7 Å². The normalized spacial score (nSPS) is 16.6. The van der Waals surface area contributed by atoms with Gasteiger partial charge in [0.05, 0.1) is 7.11 Å². The second-order valence-corrected chi connectivity index (χ2v) is 9.06. The summed E-state index contributed by atoms with van der Waals surface area (Å²) in [6.45, 7) is 5.65. The predicted octanol–water partition coefficient (Wildman–Crippen LogP) is 6.59. The zero-order chi connectivity index (χ0) is 24.1. The molecule has 1 aliphatic heterocycles. The smallest absolute Gasteiger partial charge is 0.320 e. The van der Waals surface area contributed by atoms with Crippen LogP contribution in [-0.2, 0) is 11.3 Å². The zero-order valence-corrected chi connectivity index (χ0v) is 20.3. The van der Waals surface area contributed by atoms with E-state index in [0.717, 1.165) is 41.8 Å². The fraction of sp³-hybridized carbons (Fsp3) is 0.300. The number of rotatable bonds is 7. The minimum atomic E-state index is -0.733. The maximum atomic E-state index is 11.7. The van der Waals surface area contributed by atoms with Gasteiger partial charge in [0.1, 0.15) is 11.8 Å². The van der Waals surface area contributed by atoms with Gasteiger partial charge in [-0.1, -0.05) is 73.2 Å². The van der Waals surface area contributed by atoms with E-state index in [4.69, 9.17) is 4.74 Å². The number of carboxylic acids is 1. The molecule has 176 valence electrons. The van der Waals surface area contributed by atoms with E-state index in [1.807, 2.05) is 6.07 Å². The van der Waals surface area contributed by atoms with Crippen molar-refractivity contribution >= 4 is 18.1 Å². The molecule has 4 heteroatoms. The van der Waals surface area contributed by atoms with Gasteiger partial charge in [-0.05, 0) is 72.7 Å². The molecule has 0 aliphatic carbocycles. The average Bonchev–Trinajstić information content (AvgIpc) is 2.85. The second-order valence-electron chi connectivity index (χ2n) is 9.06. The van der Waals surface area contributed by atoms with Crippen LogP contribution in [0.1, 0.15) is 47.1 Å². The maximum absolute atomic E-state index is 11.7. The summed E-state index contributed by atoms with van der Waals surface area (Å²) in [5.41, 5.74) is 8.16. The van der Waals surface area contributed by atoms with Crippen molar-refractivity contribution in [2.24, 2.45) is 0 Å². The van der Waals surface area contributed by atoms with Crippen LogP contribution in [0.5, 0.6) is 5.75 Å². The molecule has 1 N–H and O–H groups in total. The molecule has 4 rings (SSSR count). The third kappa shape index (κ3) is 5.23. The zero-order valence-electron chi connectivity index (χ0n) is 20.3. The van der Waals surface area contributed by atoms with Gasteiger partial charge in [-0.3, -0.25) is 9.69 Å². The van der Waals surface area contributed by atoms with Crippen LogP contribution in [0.15, 0.2) is 60.7 Å². The van der Waals surface area contributed by atoms with Crippen LogP contribution in [0.4, 0.5) is 0 Å². The van der Waals surface area contributed by atoms with Gasteiger partial charge < -0.3 is 9.84 Å². The summed E-state index contributed by atoms with van der Waals surface area (Å²) in [5.74, 6) is 0.0674. The maximum Gasteiger partial charge on any atom is 0.320 e. The minimum Gasteiger partial charge on any atom is -0.496 e. The number of hydrogen-bond donors (Lipinski definition) is 1. The molecular weight excluding hydrogens is 422 g/mol. The first-order chi connectivity index (χ1) is 16.5. The van der Waals surface area contributed by atoms with Crippen LogP contribution in [0.3, 0.4) is 0 Å². The monoisotopic (exact) mass is 455 g/mol. The van der Waals surface area contributed by atoms with Crippen molar-refractivity contribution in [1.29, 1.82) is 0 Å². The Morgan fingerprint density at radius 3 is 2.53 bits per heavy atom. The molecule has 3 aromatic carbocycles. The molecule has 1 saturated heterocycles. The van der Waals surface area contributed by atoms with Gasteiger partial charge in [0.25, 0.3) is 0 Å². The first-order valence-corrected chi connectivity index (χ1v) is 12.0. The number of aliphatic carboxylic acids is 1. The number of nitrogens with zero attached hydrogens (tertiary/aromatic N) is 1. The van der Waals surface area contributed by atoms with E-state index in [0.29, 0.717) is 13.0 Å². The summed E-state index contributed by atoms with van der Waals surface area (Å²) in [7, 11) is 1.68. The Morgan fingerprint density at radius 2 is 1.79 bits per heavy atom. The second kappa shape index (κ2) is 10.7. The molecule has 1 fully saturated rings. The van der Waals surface area contributed by atoms with E-state index < -0.39 is 12.0 Å². The van der Waals surface area contributed by atoms with Crippen molar-refractivity contribution in [2.45, 2.75) is 45.7 Å². The van der Waals surface area contributed by atoms with Crippen molar-refractivity contribution in [3.05, 3.63) is 88.5 Å². The van der Waals surface area contributed by atoms with E-state index in [9.17, 15) is 9.90 Å². The molecule has 1 aliphatic rings.